The van der Waals surface area contributed by atoms with Crippen LogP contribution in [-0.4, -0.2) is 74.0 Å². The van der Waals surface area contributed by atoms with Gasteiger partial charge in [-0.1, -0.05) is 19.8 Å². The van der Waals surface area contributed by atoms with Crippen LogP contribution >= 0.6 is 0 Å². The molecule has 1 aliphatic rings. The van der Waals surface area contributed by atoms with Crippen LogP contribution in [-0.2, 0) is 9.59 Å². The number of hydrogen-bond acceptors (Lipinski definition) is 4. The Morgan fingerprint density at radius 2 is 2.10 bits per heavy atom. The van der Waals surface area contributed by atoms with E-state index < -0.39 is 0 Å². The summed E-state index contributed by atoms with van der Waals surface area (Å²) in [5.41, 5.74) is 0. The number of nitrogens with one attached hydrogen (secondary N) is 2. The third-order valence-corrected chi connectivity index (χ3v) is 3.97. The lowest BCUT2D eigenvalue weighted by Crippen LogP contribution is -2.62. The van der Waals surface area contributed by atoms with Crippen molar-refractivity contribution < 1.29 is 9.59 Å². The highest BCUT2D eigenvalue weighted by atomic mass is 16.2. The van der Waals surface area contributed by atoms with E-state index >= 15 is 0 Å². The first-order valence-electron chi connectivity index (χ1n) is 7.94. The van der Waals surface area contributed by atoms with E-state index in [1.165, 1.54) is 0 Å². The molecule has 2 atom stereocenters. The zero-order valence-electron chi connectivity index (χ0n) is 13.8. The van der Waals surface area contributed by atoms with Gasteiger partial charge in [0.05, 0.1) is 6.04 Å². The summed E-state index contributed by atoms with van der Waals surface area (Å²) < 4.78 is 0. The molecule has 1 heterocycles. The van der Waals surface area contributed by atoms with Gasteiger partial charge in [0.15, 0.2) is 0 Å². The van der Waals surface area contributed by atoms with Gasteiger partial charge in [-0.3, -0.25) is 14.5 Å². The van der Waals surface area contributed by atoms with E-state index in [1.54, 1.807) is 19.0 Å². The largest absolute Gasteiger partial charge is 0.355 e. The molecule has 0 spiro atoms. The minimum absolute atomic E-state index is 0.0181. The molecule has 2 amide bonds. The minimum Gasteiger partial charge on any atom is -0.355 e. The molecule has 0 bridgehead atoms. The normalized spacial score (nSPS) is 20.9. The van der Waals surface area contributed by atoms with E-state index in [2.05, 4.69) is 17.6 Å². The fourth-order valence-corrected chi connectivity index (χ4v) is 2.60. The molecule has 0 aromatic heterocycles. The maximum absolute atomic E-state index is 12.2. The third-order valence-electron chi connectivity index (χ3n) is 3.97. The van der Waals surface area contributed by atoms with Gasteiger partial charge >= 0.3 is 0 Å². The van der Waals surface area contributed by atoms with Crippen LogP contribution in [0.1, 0.15) is 33.1 Å². The molecule has 6 heteroatoms. The average Bonchev–Trinajstić information content (AvgIpc) is 2.49. The van der Waals surface area contributed by atoms with Crippen LogP contribution in [0.3, 0.4) is 0 Å². The standard InChI is InChI=1S/C15H30N4O2/c1-5-6-7-8-17-14(20)12(2)19-10-9-16-11-13(19)15(21)18(3)4/h12-13,16H,5-11H2,1-4H3,(H,17,20). The topological polar surface area (TPSA) is 64.7 Å². The number of nitrogens with zero attached hydrogens (tertiary/aromatic N) is 2. The average molecular weight is 298 g/mol. The van der Waals surface area contributed by atoms with Gasteiger partial charge in [0.2, 0.25) is 11.8 Å². The van der Waals surface area contributed by atoms with Gasteiger partial charge < -0.3 is 15.5 Å². The van der Waals surface area contributed by atoms with Crippen molar-refractivity contribution in [3.05, 3.63) is 0 Å². The van der Waals surface area contributed by atoms with Crippen molar-refractivity contribution >= 4 is 11.8 Å². The van der Waals surface area contributed by atoms with Gasteiger partial charge in [0, 0.05) is 40.3 Å². The molecule has 21 heavy (non-hydrogen) atoms. The molecule has 0 saturated carbocycles. The molecule has 2 unspecified atom stereocenters. The predicted octanol–water partition coefficient (Wildman–Crippen LogP) is 0.0433. The first-order chi connectivity index (χ1) is 9.99. The monoisotopic (exact) mass is 298 g/mol. The Morgan fingerprint density at radius 3 is 2.71 bits per heavy atom. The lowest BCUT2D eigenvalue weighted by molar-refractivity contribution is -0.138. The van der Waals surface area contributed by atoms with Crippen molar-refractivity contribution in [3.63, 3.8) is 0 Å². The van der Waals surface area contributed by atoms with E-state index in [-0.39, 0.29) is 23.9 Å². The first-order valence-corrected chi connectivity index (χ1v) is 7.94. The van der Waals surface area contributed by atoms with Crippen molar-refractivity contribution in [3.8, 4) is 0 Å². The van der Waals surface area contributed by atoms with Gasteiger partial charge in [-0.2, -0.15) is 0 Å². The number of carbonyl (C=O) groups is 2. The second-order valence-electron chi connectivity index (χ2n) is 5.86. The second kappa shape index (κ2) is 9.00. The van der Waals surface area contributed by atoms with Gasteiger partial charge in [-0.25, -0.2) is 0 Å². The molecule has 1 fully saturated rings. The summed E-state index contributed by atoms with van der Waals surface area (Å²) in [5, 5.41) is 6.21. The summed E-state index contributed by atoms with van der Waals surface area (Å²) in [6.45, 7) is 6.87. The summed E-state index contributed by atoms with van der Waals surface area (Å²) in [7, 11) is 3.51. The molecule has 2 N–H and O–H groups in total. The molecule has 1 saturated heterocycles. The summed E-state index contributed by atoms with van der Waals surface area (Å²) in [6, 6.07) is -0.534. The van der Waals surface area contributed by atoms with Crippen LogP contribution in [0.4, 0.5) is 0 Å². The zero-order valence-corrected chi connectivity index (χ0v) is 13.8. The molecule has 1 aliphatic heterocycles. The first kappa shape index (κ1) is 17.9. The second-order valence-corrected chi connectivity index (χ2v) is 5.86. The molecule has 1 rings (SSSR count). The van der Waals surface area contributed by atoms with Crippen LogP contribution in [0.5, 0.6) is 0 Å². The van der Waals surface area contributed by atoms with Crippen LogP contribution in [0.15, 0.2) is 0 Å². The number of hydrogen-bond donors (Lipinski definition) is 2. The zero-order chi connectivity index (χ0) is 15.8. The molecule has 0 aromatic carbocycles. The Labute approximate surface area is 128 Å². The lowest BCUT2D eigenvalue weighted by Gasteiger charge is -2.39. The number of likely N-dealkylation sites (N-methyl/N-ethyl adjacent to an activating group) is 1. The molecule has 6 nitrogen and oxygen atoms in total. The van der Waals surface area contributed by atoms with E-state index in [9.17, 15) is 9.59 Å². The van der Waals surface area contributed by atoms with Crippen molar-refractivity contribution in [2.24, 2.45) is 0 Å². The van der Waals surface area contributed by atoms with Crippen LogP contribution < -0.4 is 10.6 Å². The Morgan fingerprint density at radius 1 is 1.38 bits per heavy atom. The SMILES string of the molecule is CCCCCNC(=O)C(C)N1CCNCC1C(=O)N(C)C. The van der Waals surface area contributed by atoms with Crippen molar-refractivity contribution in [2.45, 2.75) is 45.2 Å². The van der Waals surface area contributed by atoms with Crippen LogP contribution in [0.2, 0.25) is 0 Å². The number of rotatable bonds is 7. The molecule has 0 radical (unpaired) electrons. The lowest BCUT2D eigenvalue weighted by atomic mass is 10.1. The van der Waals surface area contributed by atoms with E-state index in [4.69, 9.17) is 0 Å². The van der Waals surface area contributed by atoms with Gasteiger partial charge in [-0.15, -0.1) is 0 Å². The van der Waals surface area contributed by atoms with Crippen molar-refractivity contribution in [1.82, 2.24) is 20.4 Å². The Balaban J connectivity index is 2.57. The van der Waals surface area contributed by atoms with Gasteiger partial charge in [0.25, 0.3) is 0 Å². The van der Waals surface area contributed by atoms with Gasteiger partial charge in [-0.05, 0) is 13.3 Å². The number of unbranched alkanes of at least 4 members (excludes halogenated alkanes) is 2. The Kier molecular flexibility index (Phi) is 7.67. The van der Waals surface area contributed by atoms with Crippen LogP contribution in [0, 0.1) is 0 Å². The highest BCUT2D eigenvalue weighted by Crippen LogP contribution is 2.11. The summed E-state index contributed by atoms with van der Waals surface area (Å²) >= 11 is 0. The maximum Gasteiger partial charge on any atom is 0.240 e. The highest BCUT2D eigenvalue weighted by molar-refractivity contribution is 5.85. The van der Waals surface area contributed by atoms with Crippen molar-refractivity contribution in [2.75, 3.05) is 40.3 Å². The summed E-state index contributed by atoms with van der Waals surface area (Å²) in [6.07, 6.45) is 3.28. The summed E-state index contributed by atoms with van der Waals surface area (Å²) in [4.78, 5) is 28.1. The van der Waals surface area contributed by atoms with Crippen LogP contribution in [0.25, 0.3) is 0 Å². The third kappa shape index (κ3) is 5.28. The molecule has 0 aromatic rings. The molecular weight excluding hydrogens is 268 g/mol. The fourth-order valence-electron chi connectivity index (χ4n) is 2.60. The maximum atomic E-state index is 12.2. The highest BCUT2D eigenvalue weighted by Gasteiger charge is 2.35. The van der Waals surface area contributed by atoms with E-state index in [1.807, 2.05) is 11.8 Å². The minimum atomic E-state index is -0.275. The fraction of sp³-hybridized carbons (Fsp3) is 0.867. The Hall–Kier alpha value is -1.14. The van der Waals surface area contributed by atoms with E-state index in [0.717, 1.165) is 32.4 Å². The summed E-state index contributed by atoms with van der Waals surface area (Å²) in [5.74, 6) is 0.0670. The number of piperazine rings is 1. The van der Waals surface area contributed by atoms with E-state index in [0.29, 0.717) is 13.1 Å². The Bertz CT molecular complexity index is 347. The smallest absolute Gasteiger partial charge is 0.240 e. The molecular formula is C15H30N4O2. The molecule has 122 valence electrons. The molecule has 0 aliphatic carbocycles. The predicted molar refractivity (Wildman–Crippen MR) is 84.1 cm³/mol. The van der Waals surface area contributed by atoms with Crippen molar-refractivity contribution in [1.29, 1.82) is 0 Å². The number of amides is 2. The quantitative estimate of drug-likeness (QED) is 0.652. The number of carbonyl (C=O) groups excluding carboxylic acids is 2. The van der Waals surface area contributed by atoms with Gasteiger partial charge in [0.1, 0.15) is 6.04 Å².